The summed E-state index contributed by atoms with van der Waals surface area (Å²) in [5, 5.41) is 3.05. The van der Waals surface area contributed by atoms with Crippen LogP contribution < -0.4 is 10.0 Å². The molecule has 2 bridgehead atoms. The summed E-state index contributed by atoms with van der Waals surface area (Å²) in [6.45, 7) is 0. The van der Waals surface area contributed by atoms with Gasteiger partial charge in [-0.1, -0.05) is 24.6 Å². The van der Waals surface area contributed by atoms with Crippen molar-refractivity contribution in [2.75, 3.05) is 4.72 Å². The zero-order chi connectivity index (χ0) is 19.0. The second-order valence-corrected chi connectivity index (χ2v) is 9.05. The number of rotatable bonds is 5. The molecular weight excluding hydrogens is 367 g/mol. The summed E-state index contributed by atoms with van der Waals surface area (Å²) in [5.41, 5.74) is 0.156. The fourth-order valence-electron chi connectivity index (χ4n) is 4.23. The molecule has 2 saturated carbocycles. The van der Waals surface area contributed by atoms with Gasteiger partial charge in [-0.15, -0.1) is 0 Å². The van der Waals surface area contributed by atoms with Crippen LogP contribution in [0.4, 0.5) is 10.1 Å². The van der Waals surface area contributed by atoms with Gasteiger partial charge in [0.25, 0.3) is 15.9 Å². The molecule has 0 aromatic heterocycles. The van der Waals surface area contributed by atoms with Crippen LogP contribution in [0.1, 0.15) is 36.0 Å². The maximum absolute atomic E-state index is 13.8. The molecule has 0 aliphatic heterocycles. The molecule has 2 aromatic carbocycles. The standard InChI is InChI=1S/C20H21FN2O3S/c21-17-6-1-2-7-18(17)23-27(25,26)16-5-3-4-15(12-16)20(24)22-19-11-13-8-9-14(19)10-13/h1-7,12-14,19,23H,8-11H2,(H,22,24)/t13-,14+,19+/m0/s1. The maximum Gasteiger partial charge on any atom is 0.262 e. The first-order valence-corrected chi connectivity index (χ1v) is 10.6. The number of sulfonamides is 1. The molecule has 7 heteroatoms. The smallest absolute Gasteiger partial charge is 0.262 e. The van der Waals surface area contributed by atoms with Crippen LogP contribution in [0.5, 0.6) is 0 Å². The maximum atomic E-state index is 13.8. The molecule has 4 rings (SSSR count). The van der Waals surface area contributed by atoms with Gasteiger partial charge in [-0.3, -0.25) is 9.52 Å². The predicted molar refractivity (Wildman–Crippen MR) is 100 cm³/mol. The second-order valence-electron chi connectivity index (χ2n) is 7.37. The van der Waals surface area contributed by atoms with Crippen molar-refractivity contribution >= 4 is 21.6 Å². The molecule has 0 heterocycles. The average Bonchev–Trinajstić information content (AvgIpc) is 3.27. The average molecular weight is 388 g/mol. The SMILES string of the molecule is O=C(N[C@@H]1C[C@H]2CC[C@@H]1C2)c1cccc(S(=O)(=O)Nc2ccccc2F)c1. The fourth-order valence-corrected chi connectivity index (χ4v) is 5.34. The minimum atomic E-state index is -4.00. The summed E-state index contributed by atoms with van der Waals surface area (Å²) in [6.07, 6.45) is 4.57. The van der Waals surface area contributed by atoms with Gasteiger partial charge in [0.05, 0.1) is 10.6 Å². The van der Waals surface area contributed by atoms with E-state index in [2.05, 4.69) is 10.0 Å². The number of nitrogens with one attached hydrogen (secondary N) is 2. The number of hydrogen-bond acceptors (Lipinski definition) is 3. The van der Waals surface area contributed by atoms with E-state index < -0.39 is 15.8 Å². The Hall–Kier alpha value is -2.41. The number of halogens is 1. The molecule has 2 N–H and O–H groups in total. The highest BCUT2D eigenvalue weighted by atomic mass is 32.2. The summed E-state index contributed by atoms with van der Waals surface area (Å²) < 4.78 is 41.1. The number of carbonyl (C=O) groups is 1. The Labute approximate surface area is 158 Å². The summed E-state index contributed by atoms with van der Waals surface area (Å²) in [5.74, 6) is 0.312. The molecule has 0 saturated heterocycles. The quantitative estimate of drug-likeness (QED) is 0.823. The number of benzene rings is 2. The molecule has 2 aliphatic carbocycles. The van der Waals surface area contributed by atoms with Crippen LogP contribution in [0.15, 0.2) is 53.4 Å². The van der Waals surface area contributed by atoms with Crippen molar-refractivity contribution in [3.8, 4) is 0 Å². The first-order valence-electron chi connectivity index (χ1n) is 9.10. The Kier molecular flexibility index (Phi) is 4.63. The highest BCUT2D eigenvalue weighted by molar-refractivity contribution is 7.92. The number of carbonyl (C=O) groups excluding carboxylic acids is 1. The van der Waals surface area contributed by atoms with Gasteiger partial charge in [-0.2, -0.15) is 0 Å². The minimum Gasteiger partial charge on any atom is -0.349 e. The van der Waals surface area contributed by atoms with Gasteiger partial charge in [-0.05, 0) is 61.4 Å². The number of anilines is 1. The number of amides is 1. The van der Waals surface area contributed by atoms with Crippen molar-refractivity contribution in [2.24, 2.45) is 11.8 Å². The predicted octanol–water partition coefficient (Wildman–Crippen LogP) is 3.54. The zero-order valence-electron chi connectivity index (χ0n) is 14.7. The van der Waals surface area contributed by atoms with Crippen LogP contribution in [0.3, 0.4) is 0 Å². The zero-order valence-corrected chi connectivity index (χ0v) is 15.5. The van der Waals surface area contributed by atoms with Crippen molar-refractivity contribution in [3.63, 3.8) is 0 Å². The fraction of sp³-hybridized carbons (Fsp3) is 0.350. The third kappa shape index (κ3) is 3.69. The van der Waals surface area contributed by atoms with Crippen LogP contribution in [0, 0.1) is 17.7 Å². The van der Waals surface area contributed by atoms with Crippen LogP contribution in [-0.2, 0) is 10.0 Å². The van der Waals surface area contributed by atoms with E-state index in [-0.39, 0.29) is 28.1 Å². The van der Waals surface area contributed by atoms with Gasteiger partial charge < -0.3 is 5.32 Å². The third-order valence-electron chi connectivity index (χ3n) is 5.58. The number of hydrogen-bond donors (Lipinski definition) is 2. The highest BCUT2D eigenvalue weighted by Crippen LogP contribution is 2.44. The van der Waals surface area contributed by atoms with Crippen LogP contribution in [-0.4, -0.2) is 20.4 Å². The van der Waals surface area contributed by atoms with Gasteiger partial charge in [0.15, 0.2) is 0 Å². The van der Waals surface area contributed by atoms with Gasteiger partial charge >= 0.3 is 0 Å². The van der Waals surface area contributed by atoms with E-state index in [4.69, 9.17) is 0 Å². The van der Waals surface area contributed by atoms with Crippen LogP contribution in [0.25, 0.3) is 0 Å². The largest absolute Gasteiger partial charge is 0.349 e. The summed E-state index contributed by atoms with van der Waals surface area (Å²) in [7, 11) is -4.00. The Bertz CT molecular complexity index is 977. The Balaban J connectivity index is 1.51. The van der Waals surface area contributed by atoms with Crippen molar-refractivity contribution in [2.45, 2.75) is 36.6 Å². The van der Waals surface area contributed by atoms with E-state index in [1.54, 1.807) is 12.1 Å². The van der Waals surface area contributed by atoms with Crippen molar-refractivity contribution in [1.29, 1.82) is 0 Å². The Morgan fingerprint density at radius 2 is 1.85 bits per heavy atom. The summed E-state index contributed by atoms with van der Waals surface area (Å²) >= 11 is 0. The van der Waals surface area contributed by atoms with Gasteiger partial charge in [0.1, 0.15) is 5.82 Å². The molecule has 142 valence electrons. The van der Waals surface area contributed by atoms with Crippen molar-refractivity contribution in [3.05, 3.63) is 59.9 Å². The van der Waals surface area contributed by atoms with Gasteiger partial charge in [-0.25, -0.2) is 12.8 Å². The van der Waals surface area contributed by atoms with Crippen LogP contribution in [0.2, 0.25) is 0 Å². The Morgan fingerprint density at radius 1 is 1.04 bits per heavy atom. The second kappa shape index (κ2) is 6.96. The van der Waals surface area contributed by atoms with E-state index in [9.17, 15) is 17.6 Å². The van der Waals surface area contributed by atoms with E-state index >= 15 is 0 Å². The number of fused-ring (bicyclic) bond motifs is 2. The molecule has 2 aromatic rings. The third-order valence-corrected chi connectivity index (χ3v) is 6.94. The molecular formula is C20H21FN2O3S. The van der Waals surface area contributed by atoms with Crippen molar-refractivity contribution in [1.82, 2.24) is 5.32 Å². The minimum absolute atomic E-state index is 0.0775. The molecule has 5 nitrogen and oxygen atoms in total. The molecule has 1 amide bonds. The summed E-state index contributed by atoms with van der Waals surface area (Å²) in [4.78, 5) is 12.5. The summed E-state index contributed by atoms with van der Waals surface area (Å²) in [6, 6.07) is 11.5. The van der Waals surface area contributed by atoms with Crippen LogP contribution >= 0.6 is 0 Å². The van der Waals surface area contributed by atoms with Gasteiger partial charge in [0.2, 0.25) is 0 Å². The molecule has 0 unspecified atom stereocenters. The monoisotopic (exact) mass is 388 g/mol. The first-order chi connectivity index (χ1) is 12.9. The molecule has 0 spiro atoms. The van der Waals surface area contributed by atoms with E-state index in [1.807, 2.05) is 0 Å². The first kappa shape index (κ1) is 18.0. The molecule has 27 heavy (non-hydrogen) atoms. The van der Waals surface area contributed by atoms with E-state index in [0.29, 0.717) is 11.8 Å². The van der Waals surface area contributed by atoms with Crippen molar-refractivity contribution < 1.29 is 17.6 Å². The molecule has 2 aliphatic rings. The molecule has 3 atom stereocenters. The molecule has 2 fully saturated rings. The lowest BCUT2D eigenvalue weighted by Gasteiger charge is -2.23. The highest BCUT2D eigenvalue weighted by Gasteiger charge is 2.40. The topological polar surface area (TPSA) is 75.3 Å². The lowest BCUT2D eigenvalue weighted by Crippen LogP contribution is -2.38. The normalized spacial score (nSPS) is 24.0. The van der Waals surface area contributed by atoms with E-state index in [1.165, 1.54) is 49.2 Å². The molecule has 0 radical (unpaired) electrons. The lowest BCUT2D eigenvalue weighted by molar-refractivity contribution is 0.0922. The number of para-hydroxylation sites is 1. The van der Waals surface area contributed by atoms with Gasteiger partial charge in [0, 0.05) is 11.6 Å². The Morgan fingerprint density at radius 3 is 2.56 bits per heavy atom. The lowest BCUT2D eigenvalue weighted by atomic mass is 9.95. The van der Waals surface area contributed by atoms with E-state index in [0.717, 1.165) is 12.8 Å².